The van der Waals surface area contributed by atoms with Gasteiger partial charge in [0.05, 0.1) is 6.54 Å². The first-order chi connectivity index (χ1) is 8.93. The van der Waals surface area contributed by atoms with E-state index < -0.39 is 11.6 Å². The number of Topliss-reactive ketones (excluding diaryl/α,β-unsaturated/α-hetero) is 1. The van der Waals surface area contributed by atoms with Gasteiger partial charge in [0.1, 0.15) is 11.3 Å². The number of urea groups is 1. The van der Waals surface area contributed by atoms with E-state index in [2.05, 4.69) is 10.6 Å². The molecule has 0 aromatic carbocycles. The number of nitrogens with zero attached hydrogens (tertiary/aromatic N) is 1. The van der Waals surface area contributed by atoms with Gasteiger partial charge in [-0.15, -0.1) is 0 Å². The molecule has 1 spiro atoms. The van der Waals surface area contributed by atoms with Crippen LogP contribution in [0.1, 0.15) is 32.6 Å². The summed E-state index contributed by atoms with van der Waals surface area (Å²) in [6, 6.07) is -0.511. The van der Waals surface area contributed by atoms with Gasteiger partial charge in [0.25, 0.3) is 5.91 Å². The molecule has 2 fully saturated rings. The summed E-state index contributed by atoms with van der Waals surface area (Å²) < 4.78 is 0. The molecule has 104 valence electrons. The van der Waals surface area contributed by atoms with Crippen LogP contribution in [-0.2, 0) is 14.4 Å². The van der Waals surface area contributed by atoms with E-state index in [4.69, 9.17) is 0 Å². The van der Waals surface area contributed by atoms with Crippen molar-refractivity contribution in [2.24, 2.45) is 0 Å². The smallest absolute Gasteiger partial charge is 0.322 e. The molecule has 7 heteroatoms. The van der Waals surface area contributed by atoms with E-state index in [1.165, 1.54) is 6.92 Å². The molecule has 0 radical (unpaired) electrons. The Morgan fingerprint density at radius 1 is 1.32 bits per heavy atom. The maximum atomic E-state index is 12.0. The van der Waals surface area contributed by atoms with Gasteiger partial charge < -0.3 is 15.0 Å². The van der Waals surface area contributed by atoms with E-state index in [0.717, 1.165) is 0 Å². The summed E-state index contributed by atoms with van der Waals surface area (Å²) in [5.74, 6) is -0.559. The molecular weight excluding hydrogens is 250 g/mol. The Kier molecular flexibility index (Phi) is 3.55. The molecule has 0 saturated carbocycles. The minimum absolute atomic E-state index is 0.0352. The summed E-state index contributed by atoms with van der Waals surface area (Å²) >= 11 is 0. The van der Waals surface area contributed by atoms with Gasteiger partial charge in [0.15, 0.2) is 0 Å². The van der Waals surface area contributed by atoms with Gasteiger partial charge in [-0.05, 0) is 19.8 Å². The lowest BCUT2D eigenvalue weighted by Gasteiger charge is -2.38. The molecule has 0 aromatic rings. The van der Waals surface area contributed by atoms with Crippen LogP contribution in [0.25, 0.3) is 0 Å². The van der Waals surface area contributed by atoms with E-state index in [1.807, 2.05) is 0 Å². The Morgan fingerprint density at radius 2 is 2.05 bits per heavy atom. The molecule has 2 N–H and O–H groups in total. The highest BCUT2D eigenvalue weighted by Crippen LogP contribution is 2.24. The molecule has 1 atom stereocenters. The van der Waals surface area contributed by atoms with Crippen molar-refractivity contribution in [2.45, 2.75) is 38.1 Å². The molecular formula is C12H17N3O4. The van der Waals surface area contributed by atoms with Gasteiger partial charge >= 0.3 is 6.03 Å². The highest BCUT2D eigenvalue weighted by atomic mass is 16.2. The Bertz CT molecular complexity index is 448. The van der Waals surface area contributed by atoms with Crippen molar-refractivity contribution in [1.82, 2.24) is 15.5 Å². The summed E-state index contributed by atoms with van der Waals surface area (Å²) in [4.78, 5) is 47.4. The predicted octanol–water partition coefficient (Wildman–Crippen LogP) is -0.444. The van der Waals surface area contributed by atoms with Crippen molar-refractivity contribution in [3.63, 3.8) is 0 Å². The molecule has 0 aromatic heterocycles. The Balaban J connectivity index is 2.01. The first-order valence-electron chi connectivity index (χ1n) is 6.34. The van der Waals surface area contributed by atoms with Crippen LogP contribution in [0.5, 0.6) is 0 Å². The minimum atomic E-state index is -0.985. The topological polar surface area (TPSA) is 95.6 Å². The van der Waals surface area contributed by atoms with Crippen LogP contribution in [0.4, 0.5) is 4.79 Å². The summed E-state index contributed by atoms with van der Waals surface area (Å²) in [7, 11) is 0. The first-order valence-corrected chi connectivity index (χ1v) is 6.34. The van der Waals surface area contributed by atoms with Crippen molar-refractivity contribution in [1.29, 1.82) is 0 Å². The number of ketones is 1. The predicted molar refractivity (Wildman–Crippen MR) is 65.1 cm³/mol. The molecule has 2 heterocycles. The lowest BCUT2D eigenvalue weighted by atomic mass is 9.89. The van der Waals surface area contributed by atoms with Crippen molar-refractivity contribution in [3.05, 3.63) is 0 Å². The van der Waals surface area contributed by atoms with Gasteiger partial charge in [0, 0.05) is 19.4 Å². The summed E-state index contributed by atoms with van der Waals surface area (Å²) in [5, 5.41) is 4.81. The molecule has 1 unspecified atom stereocenters. The van der Waals surface area contributed by atoms with E-state index in [9.17, 15) is 19.2 Å². The number of hydrogen-bond acceptors (Lipinski definition) is 4. The minimum Gasteiger partial charge on any atom is -0.340 e. The van der Waals surface area contributed by atoms with Crippen molar-refractivity contribution >= 4 is 23.6 Å². The quantitative estimate of drug-likeness (QED) is 0.677. The van der Waals surface area contributed by atoms with Crippen LogP contribution in [0.3, 0.4) is 0 Å². The second-order valence-electron chi connectivity index (χ2n) is 5.11. The first kappa shape index (κ1) is 13.5. The van der Waals surface area contributed by atoms with Gasteiger partial charge in [-0.2, -0.15) is 0 Å². The Morgan fingerprint density at radius 3 is 2.63 bits per heavy atom. The average Bonchev–Trinajstić information content (AvgIpc) is 2.61. The summed E-state index contributed by atoms with van der Waals surface area (Å²) in [6.45, 7) is 2.18. The SMILES string of the molecule is CC(=O)CCC(=O)N1CCCC2(C1)NC(=O)NC2=O. The number of carbonyl (C=O) groups is 4. The average molecular weight is 267 g/mol. The second kappa shape index (κ2) is 4.99. The second-order valence-corrected chi connectivity index (χ2v) is 5.11. The molecule has 0 bridgehead atoms. The molecule has 0 aliphatic carbocycles. The van der Waals surface area contributed by atoms with Crippen molar-refractivity contribution in [3.8, 4) is 0 Å². The van der Waals surface area contributed by atoms with Crippen LogP contribution in [0, 0.1) is 0 Å². The number of rotatable bonds is 3. The standard InChI is InChI=1S/C12H17N3O4/c1-8(16)3-4-9(17)15-6-2-5-12(7-15)10(18)13-11(19)14-12/h2-7H2,1H3,(H2,13,14,18,19). The Labute approximate surface area is 110 Å². The number of hydrogen-bond donors (Lipinski definition) is 2. The van der Waals surface area contributed by atoms with Crippen LogP contribution < -0.4 is 10.6 Å². The van der Waals surface area contributed by atoms with Crippen LogP contribution in [0.2, 0.25) is 0 Å². The van der Waals surface area contributed by atoms with Gasteiger partial charge in [-0.1, -0.05) is 0 Å². The molecule has 2 rings (SSSR count). The molecule has 2 aliphatic heterocycles. The van der Waals surface area contributed by atoms with E-state index >= 15 is 0 Å². The number of imide groups is 1. The highest BCUT2D eigenvalue weighted by Gasteiger charge is 2.49. The van der Waals surface area contributed by atoms with Crippen LogP contribution >= 0.6 is 0 Å². The highest BCUT2D eigenvalue weighted by molar-refractivity contribution is 6.07. The zero-order chi connectivity index (χ0) is 14.0. The molecule has 7 nitrogen and oxygen atoms in total. The lowest BCUT2D eigenvalue weighted by molar-refractivity contribution is -0.137. The van der Waals surface area contributed by atoms with E-state index in [0.29, 0.717) is 19.4 Å². The molecule has 2 aliphatic rings. The largest absolute Gasteiger partial charge is 0.340 e. The number of amides is 4. The number of nitrogens with one attached hydrogen (secondary N) is 2. The van der Waals surface area contributed by atoms with Crippen molar-refractivity contribution < 1.29 is 19.2 Å². The summed E-state index contributed by atoms with van der Waals surface area (Å²) in [6.07, 6.45) is 1.54. The van der Waals surface area contributed by atoms with Gasteiger partial charge in [-0.25, -0.2) is 4.79 Å². The third-order valence-electron chi connectivity index (χ3n) is 3.55. The maximum Gasteiger partial charge on any atom is 0.322 e. The van der Waals surface area contributed by atoms with E-state index in [-0.39, 0.29) is 37.0 Å². The number of carbonyl (C=O) groups excluding carboxylic acids is 4. The van der Waals surface area contributed by atoms with Crippen molar-refractivity contribution in [2.75, 3.05) is 13.1 Å². The lowest BCUT2D eigenvalue weighted by Crippen LogP contribution is -2.59. The zero-order valence-corrected chi connectivity index (χ0v) is 10.8. The Hall–Kier alpha value is -1.92. The third kappa shape index (κ3) is 2.74. The van der Waals surface area contributed by atoms with Gasteiger partial charge in [0.2, 0.25) is 5.91 Å². The number of likely N-dealkylation sites (tertiary alicyclic amines) is 1. The van der Waals surface area contributed by atoms with Crippen LogP contribution in [-0.4, -0.2) is 47.2 Å². The van der Waals surface area contributed by atoms with Gasteiger partial charge in [-0.3, -0.25) is 14.9 Å². The fourth-order valence-corrected chi connectivity index (χ4v) is 2.53. The summed E-state index contributed by atoms with van der Waals surface area (Å²) in [5.41, 5.74) is -0.985. The number of piperidine rings is 1. The normalized spacial score (nSPS) is 26.3. The maximum absolute atomic E-state index is 12.0. The fraction of sp³-hybridized carbons (Fsp3) is 0.667. The molecule has 19 heavy (non-hydrogen) atoms. The van der Waals surface area contributed by atoms with Crippen LogP contribution in [0.15, 0.2) is 0 Å². The zero-order valence-electron chi connectivity index (χ0n) is 10.8. The molecule has 2 saturated heterocycles. The fourth-order valence-electron chi connectivity index (χ4n) is 2.53. The van der Waals surface area contributed by atoms with E-state index in [1.54, 1.807) is 4.90 Å². The molecule has 4 amide bonds. The third-order valence-corrected chi connectivity index (χ3v) is 3.55. The monoisotopic (exact) mass is 267 g/mol.